The molecule has 0 spiro atoms. The number of anilines is 2. The van der Waals surface area contributed by atoms with E-state index >= 15 is 0 Å². The van der Waals surface area contributed by atoms with Gasteiger partial charge >= 0.3 is 47.5 Å². The number of ether oxygens (including phenoxy) is 3. The molecule has 0 radical (unpaired) electrons. The summed E-state index contributed by atoms with van der Waals surface area (Å²) in [6, 6.07) is 51.3. The van der Waals surface area contributed by atoms with E-state index in [-0.39, 0.29) is 118 Å². The quantitative estimate of drug-likeness (QED) is 0.00689. The van der Waals surface area contributed by atoms with Crippen LogP contribution in [0.5, 0.6) is 0 Å². The molecule has 146 heavy (non-hydrogen) atoms. The molecule has 20 nitrogen and oxygen atoms in total. The van der Waals surface area contributed by atoms with E-state index in [9.17, 15) is 52.0 Å². The Morgan fingerprint density at radius 3 is 1.29 bits per heavy atom. The molecule has 792 valence electrons. The van der Waals surface area contributed by atoms with Crippen LogP contribution in [-0.4, -0.2) is 104 Å². The van der Waals surface area contributed by atoms with Crippen molar-refractivity contribution in [1.29, 1.82) is 0 Å². The predicted octanol–water partition coefficient (Wildman–Crippen LogP) is 23.6. The Morgan fingerprint density at radius 2 is 0.897 bits per heavy atom. The van der Waals surface area contributed by atoms with Crippen LogP contribution in [0.1, 0.15) is 359 Å². The summed E-state index contributed by atoms with van der Waals surface area (Å²) in [6.45, 7) is 39.3. The number of nitrogens with one attached hydrogen (secondary N) is 3. The van der Waals surface area contributed by atoms with Gasteiger partial charge in [-0.25, -0.2) is 8.42 Å². The summed E-state index contributed by atoms with van der Waals surface area (Å²) in [5.74, 6) is -1.17. The van der Waals surface area contributed by atoms with E-state index in [1.807, 2.05) is 65.8 Å². The van der Waals surface area contributed by atoms with Crippen LogP contribution in [0.4, 0.5) is 22.7 Å². The fraction of sp³-hybridized carbons (Fsp3) is 0.528. The largest absolute Gasteiger partial charge is 3.00 e. The van der Waals surface area contributed by atoms with Gasteiger partial charge in [0, 0.05) is 111 Å². The molecule has 23 heteroatoms. The van der Waals surface area contributed by atoms with Crippen molar-refractivity contribution < 1.29 is 111 Å². The first-order valence-corrected chi connectivity index (χ1v) is 55.6. The topological polar surface area (TPSA) is 281 Å². The number of rotatable bonds is 46. The molecule has 2 aliphatic carbocycles. The molecule has 8 unspecified atom stereocenters. The van der Waals surface area contributed by atoms with E-state index in [1.165, 1.54) is 229 Å². The van der Waals surface area contributed by atoms with Crippen molar-refractivity contribution in [2.75, 3.05) is 49.2 Å². The zero-order valence-corrected chi connectivity index (χ0v) is 94.4. The zero-order chi connectivity index (χ0) is 104. The van der Waals surface area contributed by atoms with Crippen molar-refractivity contribution in [3.05, 3.63) is 226 Å². The van der Waals surface area contributed by atoms with Gasteiger partial charge in [-0.1, -0.05) is 353 Å². The van der Waals surface area contributed by atoms with E-state index in [1.54, 1.807) is 20.8 Å². The van der Waals surface area contributed by atoms with Gasteiger partial charge in [0.2, 0.25) is 12.2 Å². The molecule has 8 atom stereocenters. The molecule has 5 heterocycles. The van der Waals surface area contributed by atoms with Crippen LogP contribution >= 0.6 is 9.90 Å². The fourth-order valence-corrected chi connectivity index (χ4v) is 19.7. The van der Waals surface area contributed by atoms with Crippen LogP contribution in [0.3, 0.4) is 0 Å². The van der Waals surface area contributed by atoms with Crippen molar-refractivity contribution in [1.82, 2.24) is 5.32 Å². The molecule has 5 aliphatic heterocycles. The van der Waals surface area contributed by atoms with Crippen molar-refractivity contribution in [2.24, 2.45) is 35.0 Å². The van der Waals surface area contributed by atoms with Gasteiger partial charge < -0.3 is 59.1 Å². The molecule has 0 aromatic heterocycles. The van der Waals surface area contributed by atoms with Crippen molar-refractivity contribution >= 4 is 133 Å². The van der Waals surface area contributed by atoms with Gasteiger partial charge in [0.05, 0.1) is 66.4 Å². The number of benzene rings is 8. The smallest absolute Gasteiger partial charge is 1.00 e. The van der Waals surface area contributed by atoms with Gasteiger partial charge in [-0.15, -0.1) is 0 Å². The number of quaternary nitrogens is 2. The average Bonchev–Trinajstić information content (AvgIpc) is 1.52. The van der Waals surface area contributed by atoms with E-state index in [0.717, 1.165) is 107 Å². The molecular weight excluding hydrogens is 1870 g/mol. The number of ketones is 2. The first kappa shape index (κ1) is 124. The van der Waals surface area contributed by atoms with Crippen LogP contribution in [0.2, 0.25) is 0 Å². The summed E-state index contributed by atoms with van der Waals surface area (Å²) in [4.78, 5) is 77.2. The van der Waals surface area contributed by atoms with Crippen molar-refractivity contribution in [3.8, 4) is 0 Å². The first-order valence-electron chi connectivity index (χ1n) is 54.2. The van der Waals surface area contributed by atoms with E-state index in [2.05, 4.69) is 209 Å². The van der Waals surface area contributed by atoms with Crippen LogP contribution < -0.4 is 64.7 Å². The van der Waals surface area contributed by atoms with E-state index in [0.29, 0.717) is 53.6 Å². The minimum atomic E-state index is -4.52. The van der Waals surface area contributed by atoms with Gasteiger partial charge in [-0.3, -0.25) is 38.6 Å². The van der Waals surface area contributed by atoms with Crippen LogP contribution in [0.15, 0.2) is 204 Å². The maximum absolute atomic E-state index is 14.1. The molecule has 4 N–H and O–H groups in total. The number of aliphatic carboxylic acids is 1. The van der Waals surface area contributed by atoms with E-state index in [4.69, 9.17) is 19.3 Å². The van der Waals surface area contributed by atoms with Crippen LogP contribution in [0, 0.1) is 35.0 Å². The van der Waals surface area contributed by atoms with Gasteiger partial charge in [-0.05, 0) is 160 Å². The average molecular weight is 2040 g/mol. The molecule has 7 aliphatic rings. The Morgan fingerprint density at radius 1 is 0.507 bits per heavy atom. The molecular formula is C123H170N5NaO15PS-3. The number of hydrogen-bond donors (Lipinski definition) is 4. The Hall–Kier alpha value is -9.12. The second kappa shape index (κ2) is 60.1. The molecule has 0 bridgehead atoms. The summed E-state index contributed by atoms with van der Waals surface area (Å²) in [5, 5.41) is 48.2. The molecule has 1 fully saturated rings. The summed E-state index contributed by atoms with van der Waals surface area (Å²) < 4.78 is 47.5. The summed E-state index contributed by atoms with van der Waals surface area (Å²) in [7, 11) is -4.52. The first-order chi connectivity index (χ1) is 68.5. The third-order valence-corrected chi connectivity index (χ3v) is 30.7. The minimum absolute atomic E-state index is 0. The number of carboxylic acid groups (broad SMARTS) is 1. The number of Topliss-reactive ketones (excluding diaryl/α,β-unsaturated/α-hetero) is 2. The van der Waals surface area contributed by atoms with Gasteiger partial charge in [0.15, 0.2) is 11.6 Å². The number of carbonyl (C=O) groups excluding carboxylic acids is 5. The third kappa shape index (κ3) is 32.2. The van der Waals surface area contributed by atoms with E-state index < -0.39 is 32.3 Å². The summed E-state index contributed by atoms with van der Waals surface area (Å²) in [5.41, 5.74) is 12.4. The summed E-state index contributed by atoms with van der Waals surface area (Å²) >= 11 is 0. The molecule has 1 saturated heterocycles. The van der Waals surface area contributed by atoms with Crippen molar-refractivity contribution in [2.45, 2.75) is 348 Å². The number of unbranched alkanes of at least 4 members (excludes halogenated alkanes) is 21. The SMILES string of the molecule is C.CC(C)CN1c2cccc3cccc(c23)C1C=C1C(=O)C(/C=C2\c3cccc4cccc(c34)[NH+]2CC(C)C)=C1[O-].CCC(C)(C)C(=O)O.CCC(C)C(=O)NC(C)(C)S(=O)(=O)[O-].CCC(C)C(=O)OC1CCCO1.CCCCCCCCCCCCCN1c2cccc3cccc(c23)C1C=C1C(=O)C(/C=C2\c3cccc4cccc(c34)[NH+]2CCCCCCCCCCCCC)=C1[O-].CCCCOC(=O)C(C)CC.[Na+].[P-3]. The molecule has 8 aromatic carbocycles. The normalized spacial score (nSPS) is 18.4. The third-order valence-electron chi connectivity index (χ3n) is 29.3. The number of amides is 1. The maximum Gasteiger partial charge on any atom is 1.00 e. The number of carboxylic acids is 1. The standard InChI is InChI=1S/C54H70N2O2.C36H34N2O2.C9H16O3.C9H18O2.C8H17NO4S.C6H12O2.CH4.Na.P/c1-3-5-7-9-11-13-15-17-19-21-23-37-55-47-35-27-31-41-29-25-33-43(51(41)47)49(55)39-45-53(57)46(54(45)58)40-50-44-34-26-30-42-32-28-36-48(52(42)44)56(50)38-24-22-20-18-16-14-12-10-8-6-4-2;1-21(2)19-37-29-15-7-11-23-9-5-13-25(33(23)29)31(37)17-27-35(39)28(36(27)40)18-32-26-14-6-10-24-12-8-16-30(34(24)26)38(32)20-22(3)4;1-3-7(2)9(10)12-8-5-4-6-11-8;1-4-6-7-11-9(10)8(3)5-2;1-5-6(2)7(10)9-8(3,4)14(11,12)13;1-4-6(2,3)5(7)8;;;/h25-36,39-40,49,57H,3-24,37-38H2,1-2H3;5-18,21-22,31,39H,19-20H2,1-4H3;7-8H,3-6H2,1-2H3;8H,4-7H2,1-3H3;6H,5H2,1-4H3,(H,9,10)(H,11,12,13);4H2,1-3H3,(H,7,8);1H4;;/q;;;;;;;+1;-3/p-1/b45-39?,50-40+;27-17?,32-18+;;;;;;;. The second-order valence-corrected chi connectivity index (χ2v) is 44.0. The predicted molar refractivity (Wildman–Crippen MR) is 592 cm³/mol. The molecule has 0 saturated carbocycles. The Bertz CT molecular complexity index is 5960. The maximum atomic E-state index is 14.1. The molecule has 15 rings (SSSR count). The molecule has 1 amide bonds. The number of nitrogens with zero attached hydrogens (tertiary/aromatic N) is 2. The number of esters is 2. The zero-order valence-electron chi connectivity index (χ0n) is 90.7. The Labute approximate surface area is 900 Å². The van der Waals surface area contributed by atoms with Gasteiger partial charge in [0.25, 0.3) is 0 Å². The number of carbonyl (C=O) groups is 6. The fourth-order valence-electron chi connectivity index (χ4n) is 19.5. The minimum Gasteiger partial charge on any atom is -3.00 e. The second-order valence-electron chi connectivity index (χ2n) is 42.1. The van der Waals surface area contributed by atoms with Crippen LogP contribution in [0.25, 0.3) is 54.5 Å². The van der Waals surface area contributed by atoms with Gasteiger partial charge in [0.1, 0.15) is 37.8 Å². The Balaban J connectivity index is 0.000000280. The Kier molecular flexibility index (Phi) is 50.9. The molecule has 8 aromatic rings. The summed E-state index contributed by atoms with van der Waals surface area (Å²) in [6.07, 6.45) is 43.3. The number of allylic oxidation sites excluding steroid dienone is 6. The number of hydrogen-bond acceptors (Lipinski definition) is 16. The monoisotopic (exact) mass is 2040 g/mol. The van der Waals surface area contributed by atoms with Crippen LogP contribution in [-0.2, 0) is 53.1 Å². The van der Waals surface area contributed by atoms with Crippen molar-refractivity contribution in [3.63, 3.8) is 0 Å². The van der Waals surface area contributed by atoms with Gasteiger partial charge in [-0.2, -0.15) is 0 Å².